The molecule has 1 fully saturated rings. The van der Waals surface area contributed by atoms with E-state index in [0.717, 1.165) is 35.5 Å². The lowest BCUT2D eigenvalue weighted by atomic mass is 9.95. The number of fused-ring (bicyclic) bond motifs is 2. The van der Waals surface area contributed by atoms with Gasteiger partial charge in [-0.3, -0.25) is 19.3 Å². The Morgan fingerprint density at radius 2 is 1.97 bits per heavy atom. The second kappa shape index (κ2) is 9.55. The van der Waals surface area contributed by atoms with Crippen LogP contribution in [0.4, 0.5) is 5.69 Å². The van der Waals surface area contributed by atoms with E-state index in [1.165, 1.54) is 16.2 Å². The minimum Gasteiger partial charge on any atom is -0.454 e. The minimum atomic E-state index is -0.337. The van der Waals surface area contributed by atoms with Gasteiger partial charge < -0.3 is 19.7 Å². The molecule has 3 aromatic rings. The first-order chi connectivity index (χ1) is 18.0. The van der Waals surface area contributed by atoms with Crippen LogP contribution >= 0.6 is 11.3 Å². The first-order valence-corrected chi connectivity index (χ1v) is 13.3. The molecule has 0 aliphatic carbocycles. The minimum absolute atomic E-state index is 0.0229. The molecule has 3 aliphatic heterocycles. The number of carbonyl (C=O) groups is 3. The second-order valence-corrected chi connectivity index (χ2v) is 10.5. The number of piperidine rings is 1. The Morgan fingerprint density at radius 1 is 1.11 bits per heavy atom. The number of ether oxygens (including phenoxy) is 2. The molecule has 8 nitrogen and oxygen atoms in total. The molecule has 190 valence electrons. The summed E-state index contributed by atoms with van der Waals surface area (Å²) in [7, 11) is 0. The van der Waals surface area contributed by atoms with Crippen molar-refractivity contribution >= 4 is 34.7 Å². The molecule has 37 heavy (non-hydrogen) atoms. The highest BCUT2D eigenvalue weighted by Gasteiger charge is 2.42. The fourth-order valence-electron chi connectivity index (χ4n) is 5.35. The molecule has 0 unspecified atom stereocenters. The third-order valence-electron chi connectivity index (χ3n) is 7.30. The summed E-state index contributed by atoms with van der Waals surface area (Å²) in [6.07, 6.45) is 1.59. The molecule has 6 rings (SSSR count). The van der Waals surface area contributed by atoms with E-state index < -0.39 is 0 Å². The van der Waals surface area contributed by atoms with Crippen LogP contribution in [0.2, 0.25) is 0 Å². The third-order valence-corrected chi connectivity index (χ3v) is 8.35. The van der Waals surface area contributed by atoms with Crippen LogP contribution in [0.25, 0.3) is 0 Å². The Morgan fingerprint density at radius 3 is 2.81 bits per heavy atom. The Kier molecular flexibility index (Phi) is 6.08. The van der Waals surface area contributed by atoms with Gasteiger partial charge in [-0.15, -0.1) is 11.3 Å². The lowest BCUT2D eigenvalue weighted by Gasteiger charge is -2.34. The van der Waals surface area contributed by atoms with Crippen LogP contribution in [0.15, 0.2) is 53.9 Å². The number of hydrogen-bond acceptors (Lipinski definition) is 7. The summed E-state index contributed by atoms with van der Waals surface area (Å²) in [4.78, 5) is 44.3. The standard InChI is InChI=1S/C28H27N3O5S/c1-17(24-8-4-12-37-24)31-27(33)20-6-2-7-21(25(20)28(31)34)30-11-3-5-19(15-30)26(32)29-14-18-9-10-22-23(13-18)36-16-35-22/h2,4,6-10,12-13,17,19H,3,5,11,14-16H2,1H3,(H,29,32)/t17-,19-/m1/s1. The maximum Gasteiger partial charge on any atom is 0.264 e. The zero-order valence-electron chi connectivity index (χ0n) is 20.4. The summed E-state index contributed by atoms with van der Waals surface area (Å²) in [6, 6.07) is 14.6. The highest BCUT2D eigenvalue weighted by Crippen LogP contribution is 2.38. The lowest BCUT2D eigenvalue weighted by Crippen LogP contribution is -2.43. The van der Waals surface area contributed by atoms with E-state index in [2.05, 4.69) is 10.2 Å². The lowest BCUT2D eigenvalue weighted by molar-refractivity contribution is -0.125. The number of nitrogens with zero attached hydrogens (tertiary/aromatic N) is 2. The number of imide groups is 1. The van der Waals surface area contributed by atoms with Gasteiger partial charge in [-0.25, -0.2) is 0 Å². The van der Waals surface area contributed by atoms with E-state index in [1.54, 1.807) is 6.07 Å². The van der Waals surface area contributed by atoms with Crippen LogP contribution in [0.1, 0.15) is 57.0 Å². The highest BCUT2D eigenvalue weighted by molar-refractivity contribution is 7.10. The Labute approximate surface area is 218 Å². The average molecular weight is 518 g/mol. The Bertz CT molecular complexity index is 1370. The number of hydrogen-bond donors (Lipinski definition) is 1. The average Bonchev–Trinajstić information content (AvgIpc) is 3.67. The zero-order valence-corrected chi connectivity index (χ0v) is 21.3. The molecule has 1 aromatic heterocycles. The number of nitrogens with one attached hydrogen (secondary N) is 1. The van der Waals surface area contributed by atoms with E-state index in [-0.39, 0.29) is 36.5 Å². The van der Waals surface area contributed by atoms with Gasteiger partial charge in [0.05, 0.1) is 28.8 Å². The third kappa shape index (κ3) is 4.23. The number of amides is 3. The monoisotopic (exact) mass is 517 g/mol. The van der Waals surface area contributed by atoms with Gasteiger partial charge in [-0.2, -0.15) is 0 Å². The van der Waals surface area contributed by atoms with Gasteiger partial charge in [0.2, 0.25) is 12.7 Å². The summed E-state index contributed by atoms with van der Waals surface area (Å²) < 4.78 is 10.8. The first-order valence-electron chi connectivity index (χ1n) is 12.5. The largest absolute Gasteiger partial charge is 0.454 e. The Balaban J connectivity index is 1.17. The van der Waals surface area contributed by atoms with E-state index in [4.69, 9.17) is 9.47 Å². The molecule has 0 bridgehead atoms. The van der Waals surface area contributed by atoms with E-state index in [9.17, 15) is 14.4 Å². The van der Waals surface area contributed by atoms with Crippen LogP contribution in [0, 0.1) is 5.92 Å². The van der Waals surface area contributed by atoms with Crippen molar-refractivity contribution in [1.29, 1.82) is 0 Å². The van der Waals surface area contributed by atoms with Gasteiger partial charge in [0.1, 0.15) is 0 Å². The van der Waals surface area contributed by atoms with Gasteiger partial charge >= 0.3 is 0 Å². The molecular formula is C28H27N3O5S. The quantitative estimate of drug-likeness (QED) is 0.489. The molecular weight excluding hydrogens is 490 g/mol. The highest BCUT2D eigenvalue weighted by atomic mass is 32.1. The smallest absolute Gasteiger partial charge is 0.264 e. The van der Waals surface area contributed by atoms with Crippen molar-refractivity contribution in [3.8, 4) is 11.5 Å². The molecule has 9 heteroatoms. The van der Waals surface area contributed by atoms with Crippen molar-refractivity contribution in [3.63, 3.8) is 0 Å². The summed E-state index contributed by atoms with van der Waals surface area (Å²) in [5, 5.41) is 4.99. The topological polar surface area (TPSA) is 88.2 Å². The van der Waals surface area contributed by atoms with Gasteiger partial charge in [-0.05, 0) is 61.0 Å². The predicted molar refractivity (Wildman–Crippen MR) is 139 cm³/mol. The second-order valence-electron chi connectivity index (χ2n) is 9.56. The van der Waals surface area contributed by atoms with E-state index in [0.29, 0.717) is 35.7 Å². The molecule has 0 radical (unpaired) electrons. The van der Waals surface area contributed by atoms with Gasteiger partial charge in [0, 0.05) is 24.5 Å². The summed E-state index contributed by atoms with van der Waals surface area (Å²) >= 11 is 1.53. The molecule has 4 heterocycles. The van der Waals surface area contributed by atoms with Crippen molar-refractivity contribution in [3.05, 3.63) is 75.5 Å². The van der Waals surface area contributed by atoms with Gasteiger partial charge in [0.15, 0.2) is 11.5 Å². The fraction of sp³-hybridized carbons (Fsp3) is 0.321. The van der Waals surface area contributed by atoms with Gasteiger partial charge in [0.25, 0.3) is 11.8 Å². The molecule has 3 aliphatic rings. The van der Waals surface area contributed by atoms with Crippen LogP contribution in [0.5, 0.6) is 11.5 Å². The molecule has 2 atom stereocenters. The zero-order chi connectivity index (χ0) is 25.5. The van der Waals surface area contributed by atoms with E-state index >= 15 is 0 Å². The van der Waals surface area contributed by atoms with Crippen molar-refractivity contribution in [2.45, 2.75) is 32.4 Å². The molecule has 1 saturated heterocycles. The number of thiophene rings is 1. The first kappa shape index (κ1) is 23.5. The predicted octanol–water partition coefficient (Wildman–Crippen LogP) is 4.37. The number of benzene rings is 2. The number of anilines is 1. The van der Waals surface area contributed by atoms with Crippen molar-refractivity contribution < 1.29 is 23.9 Å². The maximum atomic E-state index is 13.5. The van der Waals surface area contributed by atoms with Crippen LogP contribution in [-0.4, -0.2) is 42.5 Å². The van der Waals surface area contributed by atoms with Crippen LogP contribution < -0.4 is 19.7 Å². The van der Waals surface area contributed by atoms with Crippen LogP contribution in [-0.2, 0) is 11.3 Å². The Hall–Kier alpha value is -3.85. The molecule has 1 N–H and O–H groups in total. The van der Waals surface area contributed by atoms with Crippen molar-refractivity contribution in [2.75, 3.05) is 24.8 Å². The maximum absolute atomic E-state index is 13.5. The number of carbonyl (C=O) groups excluding carboxylic acids is 3. The summed E-state index contributed by atoms with van der Waals surface area (Å²) in [5.41, 5.74) is 2.54. The van der Waals surface area contributed by atoms with Crippen LogP contribution in [0.3, 0.4) is 0 Å². The summed E-state index contributed by atoms with van der Waals surface area (Å²) in [6.45, 7) is 3.71. The van der Waals surface area contributed by atoms with Crippen molar-refractivity contribution in [2.24, 2.45) is 5.92 Å². The molecule has 0 saturated carbocycles. The number of rotatable bonds is 6. The van der Waals surface area contributed by atoms with E-state index in [1.807, 2.05) is 54.8 Å². The summed E-state index contributed by atoms with van der Waals surface area (Å²) in [5.74, 6) is 0.626. The van der Waals surface area contributed by atoms with Crippen molar-refractivity contribution in [1.82, 2.24) is 10.2 Å². The SMILES string of the molecule is C[C@H](c1cccs1)N1C(=O)c2cccc(N3CCC[C@@H](C(=O)NCc4ccc5c(c4)OCO5)C3)c2C1=O. The van der Waals surface area contributed by atoms with Gasteiger partial charge in [-0.1, -0.05) is 18.2 Å². The normalized spacial score (nSPS) is 19.2. The molecule has 0 spiro atoms. The molecule has 3 amide bonds. The molecule has 2 aromatic carbocycles. The fourth-order valence-corrected chi connectivity index (χ4v) is 6.13.